The molecule has 1 aliphatic heterocycles. The Morgan fingerprint density at radius 3 is 2.71 bits per heavy atom. The summed E-state index contributed by atoms with van der Waals surface area (Å²) in [6, 6.07) is 7.80. The molecule has 0 atom stereocenters. The second-order valence-electron chi connectivity index (χ2n) is 5.74. The van der Waals surface area contributed by atoms with Gasteiger partial charge >= 0.3 is 0 Å². The van der Waals surface area contributed by atoms with E-state index in [4.69, 9.17) is 0 Å². The number of carbonyl (C=O) groups excluding carboxylic acids is 1. The largest absolute Gasteiger partial charge is 0.334 e. The lowest BCUT2D eigenvalue weighted by Crippen LogP contribution is -2.51. The van der Waals surface area contributed by atoms with Crippen LogP contribution in [0.2, 0.25) is 0 Å². The van der Waals surface area contributed by atoms with Crippen LogP contribution in [0.25, 0.3) is 0 Å². The number of aromatic nitrogens is 3. The van der Waals surface area contributed by atoms with Crippen molar-refractivity contribution in [2.24, 2.45) is 0 Å². The summed E-state index contributed by atoms with van der Waals surface area (Å²) in [5, 5.41) is 8.43. The molecule has 2 heterocycles. The molecule has 108 valence electrons. The second kappa shape index (κ2) is 4.94. The number of carbonyl (C=O) groups is 1. The van der Waals surface area contributed by atoms with Gasteiger partial charge in [0.1, 0.15) is 0 Å². The zero-order valence-electron chi connectivity index (χ0n) is 11.4. The smallest absolute Gasteiger partial charge is 0.255 e. The van der Waals surface area contributed by atoms with Crippen LogP contribution in [0.4, 0.5) is 0 Å². The zero-order valence-corrected chi connectivity index (χ0v) is 13.0. The Morgan fingerprint density at radius 1 is 1.24 bits per heavy atom. The Kier molecular flexibility index (Phi) is 3.06. The maximum Gasteiger partial charge on any atom is 0.255 e. The van der Waals surface area contributed by atoms with Gasteiger partial charge in [-0.05, 0) is 40.9 Å². The standard InChI is InChI=1S/C15H15BrN4O/c16-13-4-2-1-3-12(13)15(21)19-7-11(8-19)20-9-14(17-18-20)10-5-6-10/h1-4,9-11H,5-8H2. The molecule has 1 saturated carbocycles. The van der Waals surface area contributed by atoms with E-state index in [1.54, 1.807) is 0 Å². The van der Waals surface area contributed by atoms with E-state index in [9.17, 15) is 4.79 Å². The Balaban J connectivity index is 1.42. The minimum absolute atomic E-state index is 0.0706. The van der Waals surface area contributed by atoms with Crippen molar-refractivity contribution in [2.45, 2.75) is 24.8 Å². The number of benzene rings is 1. The molecule has 1 saturated heterocycles. The number of likely N-dealkylation sites (tertiary alicyclic amines) is 1. The maximum absolute atomic E-state index is 12.4. The number of amides is 1. The molecule has 0 spiro atoms. The fraction of sp³-hybridized carbons (Fsp3) is 0.400. The first-order chi connectivity index (χ1) is 10.2. The monoisotopic (exact) mass is 346 g/mol. The average Bonchev–Trinajstić information content (AvgIpc) is 3.17. The van der Waals surface area contributed by atoms with Gasteiger partial charge in [-0.3, -0.25) is 4.79 Å². The molecule has 2 aromatic rings. The van der Waals surface area contributed by atoms with Gasteiger partial charge in [-0.1, -0.05) is 17.3 Å². The summed E-state index contributed by atoms with van der Waals surface area (Å²) >= 11 is 3.43. The van der Waals surface area contributed by atoms with E-state index < -0.39 is 0 Å². The third-order valence-corrected chi connectivity index (χ3v) is 4.84. The molecule has 4 rings (SSSR count). The van der Waals surface area contributed by atoms with Crippen molar-refractivity contribution in [1.29, 1.82) is 0 Å². The van der Waals surface area contributed by atoms with Crippen molar-refractivity contribution in [1.82, 2.24) is 19.9 Å². The van der Waals surface area contributed by atoms with E-state index in [1.807, 2.05) is 40.0 Å². The van der Waals surface area contributed by atoms with Crippen LogP contribution >= 0.6 is 15.9 Å². The summed E-state index contributed by atoms with van der Waals surface area (Å²) in [6.45, 7) is 1.40. The highest BCUT2D eigenvalue weighted by molar-refractivity contribution is 9.10. The van der Waals surface area contributed by atoms with Crippen LogP contribution < -0.4 is 0 Å². The second-order valence-corrected chi connectivity index (χ2v) is 6.60. The van der Waals surface area contributed by atoms with Crippen LogP contribution in [0.15, 0.2) is 34.9 Å². The molecule has 1 aromatic heterocycles. The average molecular weight is 347 g/mol. The molecule has 2 fully saturated rings. The lowest BCUT2D eigenvalue weighted by atomic mass is 10.1. The predicted octanol–water partition coefficient (Wildman–Crippen LogP) is 2.62. The van der Waals surface area contributed by atoms with Crippen molar-refractivity contribution in [2.75, 3.05) is 13.1 Å². The molecule has 5 nitrogen and oxygen atoms in total. The van der Waals surface area contributed by atoms with E-state index in [0.717, 1.165) is 10.2 Å². The van der Waals surface area contributed by atoms with Crippen molar-refractivity contribution in [3.63, 3.8) is 0 Å². The topological polar surface area (TPSA) is 51.0 Å². The van der Waals surface area contributed by atoms with Gasteiger partial charge in [0, 0.05) is 29.7 Å². The number of hydrogen-bond donors (Lipinski definition) is 0. The van der Waals surface area contributed by atoms with Gasteiger partial charge < -0.3 is 4.90 Å². The molecule has 1 aromatic carbocycles. The van der Waals surface area contributed by atoms with Gasteiger partial charge in [-0.2, -0.15) is 0 Å². The maximum atomic E-state index is 12.4. The van der Waals surface area contributed by atoms with Crippen LogP contribution in [0.1, 0.15) is 40.9 Å². The number of hydrogen-bond acceptors (Lipinski definition) is 3. The van der Waals surface area contributed by atoms with Crippen molar-refractivity contribution in [3.05, 3.63) is 46.2 Å². The summed E-state index contributed by atoms with van der Waals surface area (Å²) in [5.41, 5.74) is 1.82. The molecule has 21 heavy (non-hydrogen) atoms. The zero-order chi connectivity index (χ0) is 14.4. The van der Waals surface area contributed by atoms with Crippen molar-refractivity contribution >= 4 is 21.8 Å². The first kappa shape index (κ1) is 13.0. The molecule has 0 bridgehead atoms. The highest BCUT2D eigenvalue weighted by Crippen LogP contribution is 2.39. The first-order valence-corrected chi connectivity index (χ1v) is 7.97. The first-order valence-electron chi connectivity index (χ1n) is 7.18. The third-order valence-electron chi connectivity index (χ3n) is 4.15. The fourth-order valence-corrected chi connectivity index (χ4v) is 3.08. The molecule has 2 aliphatic rings. The van der Waals surface area contributed by atoms with Gasteiger partial charge in [0.15, 0.2) is 0 Å². The summed E-state index contributed by atoms with van der Waals surface area (Å²) in [7, 11) is 0. The van der Waals surface area contributed by atoms with Crippen molar-refractivity contribution < 1.29 is 4.79 Å². The van der Waals surface area contributed by atoms with Gasteiger partial charge in [0.2, 0.25) is 0 Å². The third kappa shape index (κ3) is 2.37. The van der Waals surface area contributed by atoms with Gasteiger partial charge in [-0.15, -0.1) is 5.10 Å². The summed E-state index contributed by atoms with van der Waals surface area (Å²) in [4.78, 5) is 14.2. The Labute approximate surface area is 131 Å². The summed E-state index contributed by atoms with van der Waals surface area (Å²) in [5.74, 6) is 0.693. The number of rotatable bonds is 3. The highest BCUT2D eigenvalue weighted by Gasteiger charge is 2.35. The van der Waals surface area contributed by atoms with Crippen LogP contribution in [-0.2, 0) is 0 Å². The lowest BCUT2D eigenvalue weighted by Gasteiger charge is -2.39. The van der Waals surface area contributed by atoms with Crippen LogP contribution in [0, 0.1) is 0 Å². The minimum Gasteiger partial charge on any atom is -0.334 e. The van der Waals surface area contributed by atoms with E-state index in [0.29, 0.717) is 24.6 Å². The molecule has 1 aliphatic carbocycles. The molecular formula is C15H15BrN4O. The number of halogens is 1. The van der Waals surface area contributed by atoms with Gasteiger partial charge in [0.25, 0.3) is 5.91 Å². The molecule has 0 N–H and O–H groups in total. The quantitative estimate of drug-likeness (QED) is 0.858. The number of nitrogens with zero attached hydrogens (tertiary/aromatic N) is 4. The van der Waals surface area contributed by atoms with Crippen LogP contribution in [0.3, 0.4) is 0 Å². The SMILES string of the molecule is O=C(c1ccccc1Br)N1CC(n2cc(C3CC3)nn2)C1. The molecule has 0 radical (unpaired) electrons. The summed E-state index contributed by atoms with van der Waals surface area (Å²) in [6.07, 6.45) is 4.51. The highest BCUT2D eigenvalue weighted by atomic mass is 79.9. The molecular weight excluding hydrogens is 332 g/mol. The van der Waals surface area contributed by atoms with Gasteiger partial charge in [0.05, 0.1) is 17.3 Å². The Bertz CT molecular complexity index is 688. The van der Waals surface area contributed by atoms with E-state index in [1.165, 1.54) is 12.8 Å². The molecule has 0 unspecified atom stereocenters. The lowest BCUT2D eigenvalue weighted by molar-refractivity contribution is 0.0497. The normalized spacial score (nSPS) is 18.6. The molecule has 1 amide bonds. The Morgan fingerprint density at radius 2 is 2.00 bits per heavy atom. The van der Waals surface area contributed by atoms with E-state index in [-0.39, 0.29) is 11.9 Å². The van der Waals surface area contributed by atoms with Gasteiger partial charge in [-0.25, -0.2) is 4.68 Å². The fourth-order valence-electron chi connectivity index (χ4n) is 2.63. The molecule has 6 heteroatoms. The van der Waals surface area contributed by atoms with Crippen LogP contribution in [-0.4, -0.2) is 38.9 Å². The summed E-state index contributed by atoms with van der Waals surface area (Å²) < 4.78 is 2.76. The van der Waals surface area contributed by atoms with Crippen molar-refractivity contribution in [3.8, 4) is 0 Å². The Hall–Kier alpha value is -1.69. The van der Waals surface area contributed by atoms with Crippen LogP contribution in [0.5, 0.6) is 0 Å². The predicted molar refractivity (Wildman–Crippen MR) is 81.1 cm³/mol. The minimum atomic E-state index is 0.0706. The van der Waals surface area contributed by atoms with E-state index in [2.05, 4.69) is 26.2 Å². The van der Waals surface area contributed by atoms with E-state index >= 15 is 0 Å².